The van der Waals surface area contributed by atoms with Crippen LogP contribution < -0.4 is 0 Å². The van der Waals surface area contributed by atoms with E-state index in [2.05, 4.69) is 49.2 Å². The van der Waals surface area contributed by atoms with Crippen molar-refractivity contribution in [1.29, 1.82) is 0 Å². The number of aromatic amines is 2. The summed E-state index contributed by atoms with van der Waals surface area (Å²) in [7, 11) is 0. The number of nitrogens with one attached hydrogen (secondary N) is 2. The van der Waals surface area contributed by atoms with E-state index in [0.29, 0.717) is 0 Å². The molecule has 0 saturated carbocycles. The van der Waals surface area contributed by atoms with Gasteiger partial charge < -0.3 is 15.4 Å². The Morgan fingerprint density at radius 1 is 0.484 bits per heavy atom. The number of pyridine rings is 1. The summed E-state index contributed by atoms with van der Waals surface area (Å²) < 4.78 is 0. The summed E-state index contributed by atoms with van der Waals surface area (Å²) in [5.41, 5.74) is 7.86. The maximum Gasteiger partial charge on any atom is 0.0658 e. The lowest BCUT2D eigenvalue weighted by Crippen LogP contribution is -1.75. The molecule has 152 valence electrons. The molecule has 4 aromatic rings. The fourth-order valence-electron chi connectivity index (χ4n) is 3.26. The molecular weight excluding hydrogens is 386 g/mol. The van der Waals surface area contributed by atoms with Gasteiger partial charge in [0.1, 0.15) is 0 Å². The third-order valence-corrected chi connectivity index (χ3v) is 4.61. The van der Waals surface area contributed by atoms with Gasteiger partial charge in [-0.05, 0) is 85.0 Å². The number of nitrogens with zero attached hydrogens (tertiary/aromatic N) is 3. The zero-order valence-electron chi connectivity index (χ0n) is 16.7. The van der Waals surface area contributed by atoms with Crippen molar-refractivity contribution in [3.05, 3.63) is 102 Å². The SMILES string of the molecule is C1=Cc2cc3ccc(cc4nc(cc5ccc(cc1n2)[nH]5)C=C4)[nH]3.O.c1ccncc1. The molecule has 4 N–H and O–H groups in total. The van der Waals surface area contributed by atoms with E-state index in [-0.39, 0.29) is 5.48 Å². The summed E-state index contributed by atoms with van der Waals surface area (Å²) in [6.07, 6.45) is 11.6. The minimum absolute atomic E-state index is 0. The fraction of sp³-hybridized carbons (Fsp3) is 0. The first-order chi connectivity index (χ1) is 14.8. The van der Waals surface area contributed by atoms with Crippen LogP contribution in [0.25, 0.3) is 46.4 Å². The van der Waals surface area contributed by atoms with Crippen molar-refractivity contribution in [3.8, 4) is 0 Å². The quantitative estimate of drug-likeness (QED) is 0.374. The number of fused-ring (bicyclic) bond motifs is 8. The molecule has 6 nitrogen and oxygen atoms in total. The molecule has 2 aliphatic rings. The highest BCUT2D eigenvalue weighted by atomic mass is 16.0. The number of aromatic nitrogens is 5. The van der Waals surface area contributed by atoms with E-state index in [1.807, 2.05) is 66.8 Å². The van der Waals surface area contributed by atoms with Crippen LogP contribution in [-0.2, 0) is 0 Å². The van der Waals surface area contributed by atoms with E-state index in [9.17, 15) is 0 Å². The molecule has 4 aromatic heterocycles. The zero-order valence-corrected chi connectivity index (χ0v) is 16.7. The highest BCUT2D eigenvalue weighted by molar-refractivity contribution is 5.77. The molecule has 0 spiro atoms. The number of H-pyrrole nitrogens is 2. The first-order valence-electron chi connectivity index (χ1n) is 9.70. The largest absolute Gasteiger partial charge is 0.412 e. The van der Waals surface area contributed by atoms with Gasteiger partial charge >= 0.3 is 0 Å². The predicted molar refractivity (Wildman–Crippen MR) is 127 cm³/mol. The third-order valence-electron chi connectivity index (χ3n) is 4.61. The van der Waals surface area contributed by atoms with Crippen LogP contribution in [0.2, 0.25) is 0 Å². The fourth-order valence-corrected chi connectivity index (χ4v) is 3.26. The topological polar surface area (TPSA) is 102 Å². The first kappa shape index (κ1) is 20.0. The minimum atomic E-state index is 0. The van der Waals surface area contributed by atoms with Gasteiger partial charge in [-0.1, -0.05) is 6.07 Å². The maximum atomic E-state index is 4.63. The molecule has 0 radical (unpaired) electrons. The molecule has 6 heteroatoms. The van der Waals surface area contributed by atoms with Crippen LogP contribution in [0.1, 0.15) is 22.8 Å². The van der Waals surface area contributed by atoms with Crippen LogP contribution in [0, 0.1) is 0 Å². The van der Waals surface area contributed by atoms with Crippen molar-refractivity contribution >= 4 is 46.4 Å². The van der Waals surface area contributed by atoms with E-state index >= 15 is 0 Å². The molecule has 0 atom stereocenters. The normalized spacial score (nSPS) is 11.4. The van der Waals surface area contributed by atoms with Crippen LogP contribution in [0.15, 0.2) is 79.1 Å². The van der Waals surface area contributed by atoms with Crippen molar-refractivity contribution < 1.29 is 5.48 Å². The van der Waals surface area contributed by atoms with Crippen molar-refractivity contribution in [2.75, 3.05) is 0 Å². The van der Waals surface area contributed by atoms with Crippen LogP contribution in [0.3, 0.4) is 0 Å². The van der Waals surface area contributed by atoms with Gasteiger partial charge in [-0.15, -0.1) is 0 Å². The van der Waals surface area contributed by atoms with Gasteiger partial charge in [0, 0.05) is 34.5 Å². The molecule has 2 aliphatic heterocycles. The van der Waals surface area contributed by atoms with Crippen LogP contribution in [0.5, 0.6) is 0 Å². The Kier molecular flexibility index (Phi) is 5.82. The molecule has 31 heavy (non-hydrogen) atoms. The van der Waals surface area contributed by atoms with E-state index in [4.69, 9.17) is 0 Å². The molecule has 0 amide bonds. The van der Waals surface area contributed by atoms with Gasteiger partial charge in [0.25, 0.3) is 0 Å². The van der Waals surface area contributed by atoms with Crippen molar-refractivity contribution in [3.63, 3.8) is 0 Å². The third kappa shape index (κ3) is 5.01. The summed E-state index contributed by atoms with van der Waals surface area (Å²) in [5, 5.41) is 0. The van der Waals surface area contributed by atoms with Gasteiger partial charge in [-0.3, -0.25) is 4.98 Å². The number of rotatable bonds is 0. The lowest BCUT2D eigenvalue weighted by atomic mass is 10.3. The molecule has 0 aliphatic carbocycles. The molecule has 6 rings (SSSR count). The Morgan fingerprint density at radius 3 is 1.10 bits per heavy atom. The van der Waals surface area contributed by atoms with Crippen molar-refractivity contribution in [2.24, 2.45) is 0 Å². The van der Waals surface area contributed by atoms with Gasteiger partial charge in [0.15, 0.2) is 0 Å². The highest BCUT2D eigenvalue weighted by Gasteiger charge is 2.01. The molecule has 8 bridgehead atoms. The van der Waals surface area contributed by atoms with E-state index in [0.717, 1.165) is 44.8 Å². The average molecular weight is 407 g/mol. The number of hydrogen-bond acceptors (Lipinski definition) is 3. The van der Waals surface area contributed by atoms with E-state index in [1.165, 1.54) is 0 Å². The Labute approximate surface area is 179 Å². The van der Waals surface area contributed by atoms with Crippen molar-refractivity contribution in [1.82, 2.24) is 24.9 Å². The Bertz CT molecular complexity index is 1200. The predicted octanol–water partition coefficient (Wildman–Crippen LogP) is 4.91. The zero-order chi connectivity index (χ0) is 20.2. The molecular formula is C25H21N5O. The Balaban J connectivity index is 0.000000288. The minimum Gasteiger partial charge on any atom is -0.412 e. The van der Waals surface area contributed by atoms with Gasteiger partial charge in [0.2, 0.25) is 0 Å². The summed E-state index contributed by atoms with van der Waals surface area (Å²) >= 11 is 0. The second kappa shape index (κ2) is 9.02. The van der Waals surface area contributed by atoms with Gasteiger partial charge in [-0.25, -0.2) is 9.97 Å². The Hall–Kier alpha value is -4.29. The maximum absolute atomic E-state index is 4.63. The van der Waals surface area contributed by atoms with Crippen LogP contribution >= 0.6 is 0 Å². The molecule has 0 aromatic carbocycles. The molecule has 0 saturated heterocycles. The Morgan fingerprint density at radius 2 is 0.839 bits per heavy atom. The summed E-state index contributed by atoms with van der Waals surface area (Å²) in [5.74, 6) is 0. The molecule has 0 unspecified atom stereocenters. The molecule has 0 fully saturated rings. The van der Waals surface area contributed by atoms with Crippen LogP contribution in [0.4, 0.5) is 0 Å². The van der Waals surface area contributed by atoms with E-state index < -0.39 is 0 Å². The molecule has 6 heterocycles. The first-order valence-corrected chi connectivity index (χ1v) is 9.70. The lowest BCUT2D eigenvalue weighted by molar-refractivity contribution is 0.824. The second-order valence-corrected chi connectivity index (χ2v) is 6.93. The standard InChI is InChI=1S/C20H14N4.C5H5N.H2O/c1-2-14-10-16-5-6-18(23-16)12-20-8-7-19(24-20)11-17-4-3-15(22-17)9-13(1)21-14;1-2-4-6-5-3-1;/h1-12,21,24H;1-5H;1H2. The van der Waals surface area contributed by atoms with Crippen LogP contribution in [-0.4, -0.2) is 30.4 Å². The summed E-state index contributed by atoms with van der Waals surface area (Å²) in [6, 6.07) is 22.1. The van der Waals surface area contributed by atoms with Gasteiger partial charge in [-0.2, -0.15) is 0 Å². The second-order valence-electron chi connectivity index (χ2n) is 6.93. The highest BCUT2D eigenvalue weighted by Crippen LogP contribution is 2.16. The summed E-state index contributed by atoms with van der Waals surface area (Å²) in [6.45, 7) is 0. The van der Waals surface area contributed by atoms with Crippen molar-refractivity contribution in [2.45, 2.75) is 0 Å². The summed E-state index contributed by atoms with van der Waals surface area (Å²) in [4.78, 5) is 19.8. The van der Waals surface area contributed by atoms with E-state index in [1.54, 1.807) is 12.4 Å². The average Bonchev–Trinajstić information content (AvgIpc) is 3.56. The smallest absolute Gasteiger partial charge is 0.0658 e. The number of hydrogen-bond donors (Lipinski definition) is 2. The monoisotopic (exact) mass is 407 g/mol. The van der Waals surface area contributed by atoms with Gasteiger partial charge in [0.05, 0.1) is 22.8 Å². The lowest BCUT2D eigenvalue weighted by Gasteiger charge is -1.85.